The number of aryl methyl sites for hydroxylation is 1. The van der Waals surface area contributed by atoms with Gasteiger partial charge in [0.2, 0.25) is 5.75 Å². The van der Waals surface area contributed by atoms with Crippen LogP contribution in [0.5, 0.6) is 5.75 Å². The predicted molar refractivity (Wildman–Crippen MR) is 84.7 cm³/mol. The molecule has 0 radical (unpaired) electrons. The van der Waals surface area contributed by atoms with Crippen LogP contribution in [0.25, 0.3) is 0 Å². The monoisotopic (exact) mass is 334 g/mol. The van der Waals surface area contributed by atoms with Crippen molar-refractivity contribution in [3.8, 4) is 5.75 Å². The lowest BCUT2D eigenvalue weighted by Gasteiger charge is -2.17. The number of nitro groups is 1. The van der Waals surface area contributed by atoms with Crippen LogP contribution in [0, 0.1) is 17.0 Å². The van der Waals surface area contributed by atoms with Crippen LogP contribution < -0.4 is 10.1 Å². The van der Waals surface area contributed by atoms with Gasteiger partial charge in [0.1, 0.15) is 12.0 Å². The smallest absolute Gasteiger partial charge is 0.406 e. The van der Waals surface area contributed by atoms with E-state index in [1.807, 2.05) is 6.92 Å². The standard InChI is InChI=1S/C15H18N4O5/c1-3-4-6-12(15(20)17-13-9-10(2)24-18-13)23-11-7-5-8-16-14(11)19(21)22/h5,7-9,12H,3-4,6H2,1-2H3,(H,17,18,20). The maximum atomic E-state index is 12.4. The second kappa shape index (κ2) is 8.04. The number of unbranched alkanes of at least 4 members (excludes halogenated alkanes) is 1. The number of hydrogen-bond acceptors (Lipinski definition) is 7. The second-order valence-corrected chi connectivity index (χ2v) is 5.14. The van der Waals surface area contributed by atoms with Crippen molar-refractivity contribution < 1.29 is 19.0 Å². The maximum Gasteiger partial charge on any atom is 0.406 e. The molecule has 2 aromatic rings. The molecule has 1 amide bonds. The van der Waals surface area contributed by atoms with Gasteiger partial charge in [-0.2, -0.15) is 0 Å². The van der Waals surface area contributed by atoms with E-state index in [0.717, 1.165) is 12.8 Å². The van der Waals surface area contributed by atoms with Crippen LogP contribution in [0.1, 0.15) is 31.9 Å². The molecule has 2 aromatic heterocycles. The zero-order chi connectivity index (χ0) is 17.5. The number of amides is 1. The topological polar surface area (TPSA) is 120 Å². The Morgan fingerprint density at radius 1 is 1.54 bits per heavy atom. The molecule has 2 heterocycles. The van der Waals surface area contributed by atoms with Crippen molar-refractivity contribution >= 4 is 17.5 Å². The Balaban J connectivity index is 2.15. The number of nitrogens with one attached hydrogen (secondary N) is 1. The average Bonchev–Trinajstić information content (AvgIpc) is 2.96. The number of anilines is 1. The summed E-state index contributed by atoms with van der Waals surface area (Å²) in [7, 11) is 0. The van der Waals surface area contributed by atoms with Gasteiger partial charge in [-0.15, -0.1) is 0 Å². The van der Waals surface area contributed by atoms with Crippen molar-refractivity contribution in [1.82, 2.24) is 10.1 Å². The lowest BCUT2D eigenvalue weighted by atomic mass is 10.1. The fraction of sp³-hybridized carbons (Fsp3) is 0.400. The normalized spacial score (nSPS) is 11.8. The van der Waals surface area contributed by atoms with E-state index in [1.165, 1.54) is 18.3 Å². The average molecular weight is 334 g/mol. The molecule has 1 unspecified atom stereocenters. The number of rotatable bonds is 8. The van der Waals surface area contributed by atoms with E-state index in [-0.39, 0.29) is 11.6 Å². The summed E-state index contributed by atoms with van der Waals surface area (Å²) in [4.78, 5) is 26.5. The number of ether oxygens (including phenoxy) is 1. The van der Waals surface area contributed by atoms with E-state index in [0.29, 0.717) is 12.2 Å². The Hall–Kier alpha value is -2.97. The van der Waals surface area contributed by atoms with Crippen LogP contribution in [0.4, 0.5) is 11.6 Å². The van der Waals surface area contributed by atoms with E-state index in [9.17, 15) is 14.9 Å². The summed E-state index contributed by atoms with van der Waals surface area (Å²) in [6.07, 6.45) is 2.38. The quantitative estimate of drug-likeness (QED) is 0.582. The van der Waals surface area contributed by atoms with Crippen LogP contribution >= 0.6 is 0 Å². The summed E-state index contributed by atoms with van der Waals surface area (Å²) >= 11 is 0. The molecule has 0 fully saturated rings. The van der Waals surface area contributed by atoms with Gasteiger partial charge in [-0.3, -0.25) is 4.79 Å². The van der Waals surface area contributed by atoms with Gasteiger partial charge in [0.15, 0.2) is 11.9 Å². The minimum absolute atomic E-state index is 0.0462. The van der Waals surface area contributed by atoms with Crippen molar-refractivity contribution in [2.24, 2.45) is 0 Å². The third-order valence-corrected chi connectivity index (χ3v) is 3.18. The van der Waals surface area contributed by atoms with Crippen LogP contribution in [0.15, 0.2) is 28.9 Å². The molecular weight excluding hydrogens is 316 g/mol. The molecule has 9 heteroatoms. The summed E-state index contributed by atoms with van der Waals surface area (Å²) in [6.45, 7) is 3.68. The molecule has 0 aromatic carbocycles. The highest BCUT2D eigenvalue weighted by atomic mass is 16.6. The Kier molecular flexibility index (Phi) is 5.83. The molecule has 0 saturated heterocycles. The molecule has 9 nitrogen and oxygen atoms in total. The predicted octanol–water partition coefficient (Wildman–Crippen LogP) is 2.86. The second-order valence-electron chi connectivity index (χ2n) is 5.14. The number of nitrogens with zero attached hydrogens (tertiary/aromatic N) is 3. The van der Waals surface area contributed by atoms with Gasteiger partial charge in [0.25, 0.3) is 5.91 Å². The Labute approximate surface area is 138 Å². The van der Waals surface area contributed by atoms with Gasteiger partial charge in [-0.25, -0.2) is 0 Å². The molecule has 0 aliphatic heterocycles. The van der Waals surface area contributed by atoms with E-state index < -0.39 is 22.8 Å². The number of carbonyl (C=O) groups excluding carboxylic acids is 1. The number of carbonyl (C=O) groups is 1. The van der Waals surface area contributed by atoms with Crippen LogP contribution in [0.2, 0.25) is 0 Å². The highest BCUT2D eigenvalue weighted by Gasteiger charge is 2.25. The summed E-state index contributed by atoms with van der Waals surface area (Å²) in [5, 5.41) is 17.3. The zero-order valence-electron chi connectivity index (χ0n) is 13.4. The summed E-state index contributed by atoms with van der Waals surface area (Å²) in [5.74, 6) is -0.100. The van der Waals surface area contributed by atoms with Gasteiger partial charge in [0.05, 0.1) is 0 Å². The Morgan fingerprint density at radius 3 is 2.96 bits per heavy atom. The third-order valence-electron chi connectivity index (χ3n) is 3.18. The van der Waals surface area contributed by atoms with Gasteiger partial charge in [-0.1, -0.05) is 18.5 Å². The van der Waals surface area contributed by atoms with Crippen molar-refractivity contribution in [3.63, 3.8) is 0 Å². The lowest BCUT2D eigenvalue weighted by molar-refractivity contribution is -0.390. The van der Waals surface area contributed by atoms with E-state index in [1.54, 1.807) is 13.0 Å². The third kappa shape index (κ3) is 4.51. The molecular formula is C15H18N4O5. The minimum atomic E-state index is -0.898. The van der Waals surface area contributed by atoms with Crippen molar-refractivity contribution in [1.29, 1.82) is 0 Å². The van der Waals surface area contributed by atoms with Gasteiger partial charge >= 0.3 is 5.82 Å². The van der Waals surface area contributed by atoms with Crippen molar-refractivity contribution in [2.45, 2.75) is 39.2 Å². The SMILES string of the molecule is CCCCC(Oc1cccnc1[N+](=O)[O-])C(=O)Nc1cc(C)on1. The van der Waals surface area contributed by atoms with Crippen molar-refractivity contribution in [3.05, 3.63) is 40.3 Å². The number of aromatic nitrogens is 2. The zero-order valence-corrected chi connectivity index (χ0v) is 13.4. The molecule has 1 atom stereocenters. The summed E-state index contributed by atoms with van der Waals surface area (Å²) in [6, 6.07) is 4.50. The van der Waals surface area contributed by atoms with Crippen LogP contribution in [-0.4, -0.2) is 27.1 Å². The van der Waals surface area contributed by atoms with E-state index in [2.05, 4.69) is 15.5 Å². The highest BCUT2D eigenvalue weighted by Crippen LogP contribution is 2.25. The first-order valence-corrected chi connectivity index (χ1v) is 7.51. The molecule has 0 bridgehead atoms. The van der Waals surface area contributed by atoms with Crippen LogP contribution in [0.3, 0.4) is 0 Å². The van der Waals surface area contributed by atoms with Gasteiger partial charge < -0.3 is 24.7 Å². The summed E-state index contributed by atoms with van der Waals surface area (Å²) in [5.41, 5.74) is 0. The Bertz CT molecular complexity index is 715. The lowest BCUT2D eigenvalue weighted by Crippen LogP contribution is -2.33. The first-order chi connectivity index (χ1) is 11.5. The largest absolute Gasteiger partial charge is 0.472 e. The fourth-order valence-electron chi connectivity index (χ4n) is 2.03. The molecule has 128 valence electrons. The summed E-state index contributed by atoms with van der Waals surface area (Å²) < 4.78 is 10.5. The van der Waals surface area contributed by atoms with E-state index >= 15 is 0 Å². The van der Waals surface area contributed by atoms with Gasteiger partial charge in [0, 0.05) is 6.07 Å². The Morgan fingerprint density at radius 2 is 2.33 bits per heavy atom. The number of hydrogen-bond donors (Lipinski definition) is 1. The number of pyridine rings is 1. The highest BCUT2D eigenvalue weighted by molar-refractivity contribution is 5.93. The molecule has 24 heavy (non-hydrogen) atoms. The van der Waals surface area contributed by atoms with Crippen molar-refractivity contribution in [2.75, 3.05) is 5.32 Å². The molecule has 2 rings (SSSR count). The molecule has 0 aliphatic carbocycles. The molecule has 1 N–H and O–H groups in total. The molecule has 0 spiro atoms. The molecule has 0 saturated carbocycles. The molecule has 0 aliphatic rings. The van der Waals surface area contributed by atoms with Gasteiger partial charge in [-0.05, 0) is 41.8 Å². The maximum absolute atomic E-state index is 12.4. The first-order valence-electron chi connectivity index (χ1n) is 7.51. The minimum Gasteiger partial charge on any atom is -0.472 e. The van der Waals surface area contributed by atoms with Crippen LogP contribution in [-0.2, 0) is 4.79 Å². The fourth-order valence-corrected chi connectivity index (χ4v) is 2.03. The first kappa shape index (κ1) is 17.4. The van der Waals surface area contributed by atoms with E-state index in [4.69, 9.17) is 9.26 Å².